The van der Waals surface area contributed by atoms with E-state index in [0.29, 0.717) is 6.04 Å². The third-order valence-corrected chi connectivity index (χ3v) is 3.98. The number of hydrogen-bond acceptors (Lipinski definition) is 2. The largest absolute Gasteiger partial charge is 0.310 e. The van der Waals surface area contributed by atoms with E-state index in [1.54, 1.807) is 0 Å². The van der Waals surface area contributed by atoms with E-state index < -0.39 is 0 Å². The molecule has 106 valence electrons. The van der Waals surface area contributed by atoms with E-state index in [2.05, 4.69) is 55.4 Å². The van der Waals surface area contributed by atoms with Gasteiger partial charge in [-0.2, -0.15) is 0 Å². The fourth-order valence-electron chi connectivity index (χ4n) is 2.74. The molecule has 0 saturated carbocycles. The van der Waals surface area contributed by atoms with Crippen LogP contribution in [0.1, 0.15) is 37.8 Å². The van der Waals surface area contributed by atoms with Gasteiger partial charge in [0.1, 0.15) is 0 Å². The Hall–Kier alpha value is -0.860. The van der Waals surface area contributed by atoms with E-state index in [-0.39, 0.29) is 0 Å². The van der Waals surface area contributed by atoms with Crippen LogP contribution in [-0.4, -0.2) is 31.1 Å². The zero-order valence-electron chi connectivity index (χ0n) is 12.7. The molecule has 0 bridgehead atoms. The lowest BCUT2D eigenvalue weighted by Crippen LogP contribution is -2.40. The Morgan fingerprint density at radius 3 is 2.26 bits per heavy atom. The summed E-state index contributed by atoms with van der Waals surface area (Å²) in [7, 11) is 2.21. The summed E-state index contributed by atoms with van der Waals surface area (Å²) in [6.07, 6.45) is 3.74. The number of nitrogens with one attached hydrogen (secondary N) is 1. The minimum atomic E-state index is 0.701. The first kappa shape index (κ1) is 14.5. The van der Waals surface area contributed by atoms with Crippen molar-refractivity contribution in [1.29, 1.82) is 0 Å². The van der Waals surface area contributed by atoms with Gasteiger partial charge in [-0.05, 0) is 56.4 Å². The molecule has 1 aromatic rings. The van der Waals surface area contributed by atoms with Crippen molar-refractivity contribution in [1.82, 2.24) is 10.2 Å². The molecule has 0 amide bonds. The van der Waals surface area contributed by atoms with Gasteiger partial charge in [0.25, 0.3) is 0 Å². The van der Waals surface area contributed by atoms with Crippen molar-refractivity contribution in [3.05, 3.63) is 35.4 Å². The summed E-state index contributed by atoms with van der Waals surface area (Å²) in [5, 5.41) is 3.69. The lowest BCUT2D eigenvalue weighted by atomic mass is 10.0. The number of likely N-dealkylation sites (tertiary alicyclic amines) is 1. The summed E-state index contributed by atoms with van der Waals surface area (Å²) in [6, 6.07) is 9.82. The van der Waals surface area contributed by atoms with Crippen LogP contribution in [0, 0.1) is 5.92 Å². The standard InChI is InChI=1S/C17H28N2/c1-14(2)12-15-4-6-16(7-5-15)13-18-17-8-10-19(3)11-9-17/h4-7,14,17-18H,8-13H2,1-3H3. The smallest absolute Gasteiger partial charge is 0.0208 e. The monoisotopic (exact) mass is 260 g/mol. The Kier molecular flexibility index (Phi) is 5.41. The molecule has 0 aromatic heterocycles. The molecule has 1 saturated heterocycles. The molecule has 2 rings (SSSR count). The minimum Gasteiger partial charge on any atom is -0.310 e. The highest BCUT2D eigenvalue weighted by Crippen LogP contribution is 2.12. The van der Waals surface area contributed by atoms with Crippen LogP contribution in [0.15, 0.2) is 24.3 Å². The van der Waals surface area contributed by atoms with Gasteiger partial charge in [0.05, 0.1) is 0 Å². The molecule has 0 spiro atoms. The van der Waals surface area contributed by atoms with Gasteiger partial charge >= 0.3 is 0 Å². The van der Waals surface area contributed by atoms with Crippen molar-refractivity contribution in [2.45, 2.75) is 45.7 Å². The van der Waals surface area contributed by atoms with Gasteiger partial charge in [0.2, 0.25) is 0 Å². The third-order valence-electron chi connectivity index (χ3n) is 3.98. The summed E-state index contributed by atoms with van der Waals surface area (Å²) >= 11 is 0. The zero-order chi connectivity index (χ0) is 13.7. The van der Waals surface area contributed by atoms with E-state index in [4.69, 9.17) is 0 Å². The first-order valence-electron chi connectivity index (χ1n) is 7.63. The van der Waals surface area contributed by atoms with Crippen molar-refractivity contribution in [2.75, 3.05) is 20.1 Å². The van der Waals surface area contributed by atoms with E-state index in [1.165, 1.54) is 43.5 Å². The van der Waals surface area contributed by atoms with E-state index in [9.17, 15) is 0 Å². The van der Waals surface area contributed by atoms with E-state index in [0.717, 1.165) is 12.5 Å². The summed E-state index contributed by atoms with van der Waals surface area (Å²) in [5.74, 6) is 0.739. The fourth-order valence-corrected chi connectivity index (χ4v) is 2.74. The highest BCUT2D eigenvalue weighted by molar-refractivity contribution is 5.22. The van der Waals surface area contributed by atoms with Gasteiger partial charge in [-0.25, -0.2) is 0 Å². The maximum Gasteiger partial charge on any atom is 0.0208 e. The van der Waals surface area contributed by atoms with Crippen LogP contribution in [0.5, 0.6) is 0 Å². The predicted molar refractivity (Wildman–Crippen MR) is 82.3 cm³/mol. The molecular weight excluding hydrogens is 232 g/mol. The molecule has 19 heavy (non-hydrogen) atoms. The summed E-state index contributed by atoms with van der Waals surface area (Å²) < 4.78 is 0. The number of benzene rings is 1. The van der Waals surface area contributed by atoms with Gasteiger partial charge in [0, 0.05) is 12.6 Å². The van der Waals surface area contributed by atoms with Crippen LogP contribution in [0.3, 0.4) is 0 Å². The minimum absolute atomic E-state index is 0.701. The number of hydrogen-bond donors (Lipinski definition) is 1. The Morgan fingerprint density at radius 1 is 1.11 bits per heavy atom. The second kappa shape index (κ2) is 7.06. The van der Waals surface area contributed by atoms with Gasteiger partial charge in [-0.15, -0.1) is 0 Å². The molecule has 1 heterocycles. The zero-order valence-corrected chi connectivity index (χ0v) is 12.7. The third kappa shape index (κ3) is 4.96. The van der Waals surface area contributed by atoms with Gasteiger partial charge < -0.3 is 10.2 Å². The van der Waals surface area contributed by atoms with Crippen LogP contribution in [0.25, 0.3) is 0 Å². The van der Waals surface area contributed by atoms with Crippen LogP contribution < -0.4 is 5.32 Å². The van der Waals surface area contributed by atoms with Crippen molar-refractivity contribution in [2.24, 2.45) is 5.92 Å². The van der Waals surface area contributed by atoms with Crippen LogP contribution in [-0.2, 0) is 13.0 Å². The second-order valence-electron chi connectivity index (χ2n) is 6.37. The Balaban J connectivity index is 1.76. The van der Waals surface area contributed by atoms with Crippen molar-refractivity contribution in [3.8, 4) is 0 Å². The summed E-state index contributed by atoms with van der Waals surface area (Å²) in [4.78, 5) is 2.42. The normalized spacial score (nSPS) is 18.1. The molecule has 1 aromatic carbocycles. The second-order valence-corrected chi connectivity index (χ2v) is 6.37. The Labute approximate surface area is 118 Å². The molecule has 0 aliphatic carbocycles. The van der Waals surface area contributed by atoms with Crippen LogP contribution in [0.4, 0.5) is 0 Å². The fraction of sp³-hybridized carbons (Fsp3) is 0.647. The first-order valence-corrected chi connectivity index (χ1v) is 7.63. The molecule has 1 aliphatic rings. The van der Waals surface area contributed by atoms with Gasteiger partial charge in [-0.1, -0.05) is 38.1 Å². The van der Waals surface area contributed by atoms with Crippen molar-refractivity contribution >= 4 is 0 Å². The molecule has 2 nitrogen and oxygen atoms in total. The number of nitrogens with zero attached hydrogens (tertiary/aromatic N) is 1. The molecule has 0 atom stereocenters. The van der Waals surface area contributed by atoms with Crippen LogP contribution >= 0.6 is 0 Å². The molecule has 0 unspecified atom stereocenters. The Bertz CT molecular complexity index is 361. The van der Waals surface area contributed by atoms with Gasteiger partial charge in [0.15, 0.2) is 0 Å². The summed E-state index contributed by atoms with van der Waals surface area (Å²) in [5.41, 5.74) is 2.87. The highest BCUT2D eigenvalue weighted by Gasteiger charge is 2.15. The molecule has 2 heteroatoms. The number of rotatable bonds is 5. The van der Waals surface area contributed by atoms with Crippen LogP contribution in [0.2, 0.25) is 0 Å². The lowest BCUT2D eigenvalue weighted by molar-refractivity contribution is 0.234. The molecular formula is C17H28N2. The molecule has 1 fully saturated rings. The van der Waals surface area contributed by atoms with Crippen molar-refractivity contribution < 1.29 is 0 Å². The SMILES string of the molecule is CC(C)Cc1ccc(CNC2CCN(C)CC2)cc1. The van der Waals surface area contributed by atoms with Crippen molar-refractivity contribution in [3.63, 3.8) is 0 Å². The molecule has 1 aliphatic heterocycles. The lowest BCUT2D eigenvalue weighted by Gasteiger charge is -2.29. The first-order chi connectivity index (χ1) is 9.13. The predicted octanol–water partition coefficient (Wildman–Crippen LogP) is 3.07. The van der Waals surface area contributed by atoms with Gasteiger partial charge in [-0.3, -0.25) is 0 Å². The maximum absolute atomic E-state index is 3.69. The summed E-state index contributed by atoms with van der Waals surface area (Å²) in [6.45, 7) is 8.01. The average molecular weight is 260 g/mol. The average Bonchev–Trinajstić information content (AvgIpc) is 2.39. The number of piperidine rings is 1. The highest BCUT2D eigenvalue weighted by atomic mass is 15.1. The quantitative estimate of drug-likeness (QED) is 0.875. The Morgan fingerprint density at radius 2 is 1.68 bits per heavy atom. The molecule has 1 N–H and O–H groups in total. The molecule has 0 radical (unpaired) electrons. The van der Waals surface area contributed by atoms with E-state index >= 15 is 0 Å². The van der Waals surface area contributed by atoms with E-state index in [1.807, 2.05) is 0 Å². The topological polar surface area (TPSA) is 15.3 Å². The maximum atomic E-state index is 3.69.